The second kappa shape index (κ2) is 6.55. The second-order valence-electron chi connectivity index (χ2n) is 15.5. The van der Waals surface area contributed by atoms with Crippen LogP contribution in [0.25, 0.3) is 0 Å². The fraction of sp³-hybridized carbons (Fsp3) is 1.00. The zero-order valence-corrected chi connectivity index (χ0v) is 22.1. The summed E-state index contributed by atoms with van der Waals surface area (Å²) in [7, 11) is 0. The van der Waals surface area contributed by atoms with Crippen molar-refractivity contribution in [2.24, 2.45) is 56.2 Å². The lowest BCUT2D eigenvalue weighted by Gasteiger charge is -2.75. The summed E-state index contributed by atoms with van der Waals surface area (Å²) in [5.74, 6) is 3.02. The molecule has 0 aromatic rings. The molecule has 5 rings (SSSR count). The van der Waals surface area contributed by atoms with E-state index in [0.717, 1.165) is 24.2 Å². The van der Waals surface area contributed by atoms with Gasteiger partial charge in [0.15, 0.2) is 0 Å². The second-order valence-corrected chi connectivity index (χ2v) is 15.5. The van der Waals surface area contributed by atoms with Gasteiger partial charge in [0.2, 0.25) is 0 Å². The summed E-state index contributed by atoms with van der Waals surface area (Å²) in [4.78, 5) is 0. The third-order valence-corrected chi connectivity index (χ3v) is 13.9. The zero-order chi connectivity index (χ0) is 22.7. The summed E-state index contributed by atoms with van der Waals surface area (Å²) in [6.07, 6.45) is 15.1. The van der Waals surface area contributed by atoms with Crippen LogP contribution in [0.3, 0.4) is 0 Å². The predicted octanol–water partition coefficient (Wildman–Crippen LogP) is 8.25. The van der Waals surface area contributed by atoms with Gasteiger partial charge in [-0.1, -0.05) is 55.4 Å². The Balaban J connectivity index is 1.54. The molecule has 0 bridgehead atoms. The molecule has 5 aliphatic carbocycles. The lowest BCUT2D eigenvalue weighted by molar-refractivity contribution is -0.263. The van der Waals surface area contributed by atoms with Gasteiger partial charge in [0, 0.05) is 0 Å². The molecule has 0 amide bonds. The van der Waals surface area contributed by atoms with Gasteiger partial charge in [-0.05, 0) is 127 Å². The van der Waals surface area contributed by atoms with Gasteiger partial charge >= 0.3 is 0 Å². The van der Waals surface area contributed by atoms with Crippen molar-refractivity contribution in [3.63, 3.8) is 0 Å². The number of aliphatic hydroxyl groups excluding tert-OH is 1. The molecule has 5 fully saturated rings. The Morgan fingerprint density at radius 3 is 1.90 bits per heavy atom. The molecule has 5 aliphatic rings. The average molecular weight is 429 g/mol. The van der Waals surface area contributed by atoms with Crippen LogP contribution in [-0.2, 0) is 0 Å². The van der Waals surface area contributed by atoms with E-state index >= 15 is 0 Å². The molecule has 0 unspecified atom stereocenters. The molecule has 1 heteroatoms. The molecule has 0 radical (unpaired) electrons. The standard InChI is InChI=1S/C30H52O/c1-20-21(31)9-10-22-27(20,5)12-11-23-28(22,6)16-18-30(8)24-19-25(2,3)13-14-26(24,4)15-17-29(23,30)7/h20-24,31H,9-19H2,1-8H3/t20-,21-,22+,23-,24-,26+,27+,28+,29+,30-/m0/s1. The van der Waals surface area contributed by atoms with E-state index in [-0.39, 0.29) is 6.10 Å². The molecule has 0 aliphatic heterocycles. The Morgan fingerprint density at radius 1 is 0.581 bits per heavy atom. The van der Waals surface area contributed by atoms with E-state index in [4.69, 9.17) is 0 Å². The maximum absolute atomic E-state index is 10.7. The molecule has 0 spiro atoms. The van der Waals surface area contributed by atoms with E-state index in [1.54, 1.807) is 0 Å². The normalized spacial score (nSPS) is 60.9. The van der Waals surface area contributed by atoms with Gasteiger partial charge in [-0.25, -0.2) is 0 Å². The van der Waals surface area contributed by atoms with Crippen molar-refractivity contribution < 1.29 is 5.11 Å². The highest BCUT2D eigenvalue weighted by Crippen LogP contribution is 2.78. The van der Waals surface area contributed by atoms with Gasteiger partial charge < -0.3 is 5.11 Å². The highest BCUT2D eigenvalue weighted by molar-refractivity contribution is 5.19. The Labute approximate surface area is 193 Å². The Hall–Kier alpha value is -0.0400. The van der Waals surface area contributed by atoms with E-state index < -0.39 is 0 Å². The summed E-state index contributed by atoms with van der Waals surface area (Å²) in [5, 5.41) is 10.7. The van der Waals surface area contributed by atoms with Crippen LogP contribution in [0.1, 0.15) is 126 Å². The number of fused-ring (bicyclic) bond motifs is 7. The first kappa shape index (κ1) is 22.7. The van der Waals surface area contributed by atoms with Crippen molar-refractivity contribution in [2.45, 2.75) is 132 Å². The van der Waals surface area contributed by atoms with Gasteiger partial charge in [-0.2, -0.15) is 0 Å². The Bertz CT molecular complexity index is 741. The van der Waals surface area contributed by atoms with Crippen molar-refractivity contribution >= 4 is 0 Å². The van der Waals surface area contributed by atoms with Crippen molar-refractivity contribution in [1.82, 2.24) is 0 Å². The SMILES string of the molecule is C[C@H]1[C@@H](O)CC[C@@H]2[C@]1(C)CC[C@H]1[C@]2(C)CC[C@@]2(C)[C@H]3CC(C)(C)CC[C@]3(C)CC[C@]12C. The zero-order valence-electron chi connectivity index (χ0n) is 22.1. The fourth-order valence-corrected chi connectivity index (χ4v) is 11.4. The molecule has 5 saturated carbocycles. The first-order valence-electron chi connectivity index (χ1n) is 13.9. The highest BCUT2D eigenvalue weighted by atomic mass is 16.3. The summed E-state index contributed by atoms with van der Waals surface area (Å²) in [5.41, 5.74) is 2.88. The molecule has 0 heterocycles. The van der Waals surface area contributed by atoms with E-state index in [1.165, 1.54) is 64.2 Å². The Kier molecular flexibility index (Phi) is 4.80. The van der Waals surface area contributed by atoms with Crippen LogP contribution < -0.4 is 0 Å². The van der Waals surface area contributed by atoms with Gasteiger partial charge in [0.25, 0.3) is 0 Å². The quantitative estimate of drug-likeness (QED) is 0.412. The topological polar surface area (TPSA) is 20.2 Å². The minimum absolute atomic E-state index is 0.0781. The molecule has 0 saturated heterocycles. The monoisotopic (exact) mass is 428 g/mol. The highest BCUT2D eigenvalue weighted by Gasteiger charge is 2.70. The Morgan fingerprint density at radius 2 is 1.19 bits per heavy atom. The van der Waals surface area contributed by atoms with E-state index in [9.17, 15) is 5.11 Å². The minimum Gasteiger partial charge on any atom is -0.393 e. The predicted molar refractivity (Wildman–Crippen MR) is 131 cm³/mol. The van der Waals surface area contributed by atoms with Crippen molar-refractivity contribution in [3.8, 4) is 0 Å². The largest absolute Gasteiger partial charge is 0.393 e. The number of aliphatic hydroxyl groups is 1. The van der Waals surface area contributed by atoms with Gasteiger partial charge in [0.05, 0.1) is 6.10 Å². The molecule has 1 N–H and O–H groups in total. The molecular weight excluding hydrogens is 376 g/mol. The van der Waals surface area contributed by atoms with Crippen molar-refractivity contribution in [2.75, 3.05) is 0 Å². The lowest BCUT2D eigenvalue weighted by Crippen LogP contribution is -2.67. The molecule has 31 heavy (non-hydrogen) atoms. The van der Waals surface area contributed by atoms with Crippen LogP contribution in [0.2, 0.25) is 0 Å². The fourth-order valence-electron chi connectivity index (χ4n) is 11.4. The molecule has 0 aromatic heterocycles. The first-order chi connectivity index (χ1) is 14.2. The molecule has 1 nitrogen and oxygen atoms in total. The summed E-state index contributed by atoms with van der Waals surface area (Å²) >= 11 is 0. The van der Waals surface area contributed by atoms with Gasteiger partial charge in [-0.3, -0.25) is 0 Å². The molecular formula is C30H52O. The smallest absolute Gasteiger partial charge is 0.0571 e. The maximum Gasteiger partial charge on any atom is 0.0571 e. The van der Waals surface area contributed by atoms with Crippen LogP contribution in [-0.4, -0.2) is 11.2 Å². The lowest BCUT2D eigenvalue weighted by atomic mass is 9.30. The van der Waals surface area contributed by atoms with Crippen molar-refractivity contribution in [3.05, 3.63) is 0 Å². The van der Waals surface area contributed by atoms with Crippen LogP contribution in [0.4, 0.5) is 0 Å². The summed E-state index contributed by atoms with van der Waals surface area (Å²) in [6, 6.07) is 0. The van der Waals surface area contributed by atoms with Gasteiger partial charge in [-0.15, -0.1) is 0 Å². The van der Waals surface area contributed by atoms with E-state index in [0.29, 0.717) is 38.4 Å². The van der Waals surface area contributed by atoms with Gasteiger partial charge in [0.1, 0.15) is 0 Å². The maximum atomic E-state index is 10.7. The first-order valence-corrected chi connectivity index (χ1v) is 13.9. The number of hydrogen-bond acceptors (Lipinski definition) is 1. The third-order valence-electron chi connectivity index (χ3n) is 13.9. The summed E-state index contributed by atoms with van der Waals surface area (Å²) < 4.78 is 0. The van der Waals surface area contributed by atoms with Crippen LogP contribution >= 0.6 is 0 Å². The molecule has 0 aromatic carbocycles. The third kappa shape index (κ3) is 2.77. The van der Waals surface area contributed by atoms with Crippen LogP contribution in [0, 0.1) is 56.2 Å². The number of hydrogen-bond donors (Lipinski definition) is 1. The van der Waals surface area contributed by atoms with E-state index in [1.807, 2.05) is 0 Å². The van der Waals surface area contributed by atoms with Crippen molar-refractivity contribution in [1.29, 1.82) is 0 Å². The summed E-state index contributed by atoms with van der Waals surface area (Å²) in [6.45, 7) is 20.9. The number of rotatable bonds is 0. The minimum atomic E-state index is -0.0781. The molecule has 10 atom stereocenters. The average Bonchev–Trinajstić information content (AvgIpc) is 2.69. The molecule has 178 valence electrons. The van der Waals surface area contributed by atoms with E-state index in [2.05, 4.69) is 55.4 Å². The van der Waals surface area contributed by atoms with Crippen LogP contribution in [0.5, 0.6) is 0 Å². The van der Waals surface area contributed by atoms with Crippen LogP contribution in [0.15, 0.2) is 0 Å².